The van der Waals surface area contributed by atoms with Crippen molar-refractivity contribution in [3.63, 3.8) is 0 Å². The molecule has 0 aliphatic carbocycles. The van der Waals surface area contributed by atoms with Crippen molar-refractivity contribution in [2.24, 2.45) is 0 Å². The molecule has 116 valence electrons. The van der Waals surface area contributed by atoms with Crippen LogP contribution in [0.3, 0.4) is 0 Å². The molecule has 0 spiro atoms. The average Bonchev–Trinajstić information content (AvgIpc) is 2.51. The van der Waals surface area contributed by atoms with Crippen LogP contribution >= 0.6 is 0 Å². The number of carbonyl (C=O) groups excluding carboxylic acids is 3. The van der Waals surface area contributed by atoms with Crippen LogP contribution in [0.1, 0.15) is 44.4 Å². The van der Waals surface area contributed by atoms with E-state index in [-0.39, 0.29) is 18.7 Å². The Hall–Kier alpha value is -3.02. The van der Waals surface area contributed by atoms with E-state index in [0.29, 0.717) is 27.5 Å². The summed E-state index contributed by atoms with van der Waals surface area (Å²) in [5.74, 6) is -2.30. The SMILES string of the molecule is CC(=O)c1ccc2c3c(cccc13)C(=O)N(CCC(=O)O)C2=O. The third-order valence-electron chi connectivity index (χ3n) is 3.92. The number of aliphatic carboxylic acids is 1. The minimum atomic E-state index is -1.08. The molecule has 0 fully saturated rings. The molecular formula is C17H13NO5. The van der Waals surface area contributed by atoms with Gasteiger partial charge in [0.15, 0.2) is 5.78 Å². The molecule has 3 rings (SSSR count). The van der Waals surface area contributed by atoms with Crippen molar-refractivity contribution in [3.05, 3.63) is 47.0 Å². The summed E-state index contributed by atoms with van der Waals surface area (Å²) in [6.45, 7) is 1.24. The molecule has 1 aliphatic rings. The van der Waals surface area contributed by atoms with Gasteiger partial charge in [0.25, 0.3) is 11.8 Å². The highest BCUT2D eigenvalue weighted by Crippen LogP contribution is 2.32. The van der Waals surface area contributed by atoms with E-state index in [4.69, 9.17) is 5.11 Å². The van der Waals surface area contributed by atoms with Crippen LogP contribution in [0, 0.1) is 0 Å². The number of Topliss-reactive ketones (excluding diaryl/α,β-unsaturated/α-hetero) is 1. The molecule has 6 heteroatoms. The number of rotatable bonds is 4. The number of hydrogen-bond donors (Lipinski definition) is 1. The van der Waals surface area contributed by atoms with Crippen molar-refractivity contribution in [1.82, 2.24) is 4.90 Å². The molecule has 2 amide bonds. The van der Waals surface area contributed by atoms with Crippen LogP contribution in [-0.2, 0) is 4.79 Å². The lowest BCUT2D eigenvalue weighted by Crippen LogP contribution is -2.41. The fraction of sp³-hybridized carbons (Fsp3) is 0.176. The van der Waals surface area contributed by atoms with Gasteiger partial charge < -0.3 is 5.11 Å². The zero-order chi connectivity index (χ0) is 16.7. The van der Waals surface area contributed by atoms with E-state index in [1.807, 2.05) is 0 Å². The molecule has 0 saturated carbocycles. The maximum atomic E-state index is 12.5. The van der Waals surface area contributed by atoms with Crippen molar-refractivity contribution in [2.75, 3.05) is 6.54 Å². The van der Waals surface area contributed by atoms with Gasteiger partial charge in [-0.05, 0) is 30.5 Å². The fourth-order valence-electron chi connectivity index (χ4n) is 2.86. The first-order valence-electron chi connectivity index (χ1n) is 7.06. The molecule has 0 aromatic heterocycles. The summed E-state index contributed by atoms with van der Waals surface area (Å²) in [4.78, 5) is 48.5. The third-order valence-corrected chi connectivity index (χ3v) is 3.92. The molecule has 23 heavy (non-hydrogen) atoms. The van der Waals surface area contributed by atoms with E-state index < -0.39 is 17.8 Å². The average molecular weight is 311 g/mol. The van der Waals surface area contributed by atoms with Gasteiger partial charge in [-0.3, -0.25) is 24.1 Å². The lowest BCUT2D eigenvalue weighted by molar-refractivity contribution is -0.137. The Bertz CT molecular complexity index is 862. The predicted molar refractivity (Wildman–Crippen MR) is 81.6 cm³/mol. The maximum Gasteiger partial charge on any atom is 0.305 e. The van der Waals surface area contributed by atoms with Crippen molar-refractivity contribution < 1.29 is 24.3 Å². The molecule has 2 aromatic carbocycles. The first-order chi connectivity index (χ1) is 10.9. The number of ketones is 1. The van der Waals surface area contributed by atoms with E-state index >= 15 is 0 Å². The summed E-state index contributed by atoms with van der Waals surface area (Å²) in [5, 5.41) is 9.80. The molecule has 6 nitrogen and oxygen atoms in total. The standard InChI is InChI=1S/C17H13NO5/c1-9(19)10-5-6-13-15-11(10)3-2-4-12(15)16(22)18(17(13)23)8-7-14(20)21/h2-6H,7-8H2,1H3,(H,20,21). The topological polar surface area (TPSA) is 91.8 Å². The Kier molecular flexibility index (Phi) is 3.44. The van der Waals surface area contributed by atoms with Crippen LogP contribution < -0.4 is 0 Å². The number of carboxylic acids is 1. The Balaban J connectivity index is 2.21. The molecule has 0 radical (unpaired) electrons. The molecule has 1 heterocycles. The second-order valence-corrected chi connectivity index (χ2v) is 5.35. The molecule has 0 bridgehead atoms. The van der Waals surface area contributed by atoms with E-state index in [0.717, 1.165) is 4.90 Å². The van der Waals surface area contributed by atoms with Gasteiger partial charge in [0.2, 0.25) is 0 Å². The number of carboxylic acid groups (broad SMARTS) is 1. The van der Waals surface area contributed by atoms with E-state index in [1.165, 1.54) is 13.0 Å². The van der Waals surface area contributed by atoms with Crippen molar-refractivity contribution in [1.29, 1.82) is 0 Å². The van der Waals surface area contributed by atoms with Crippen LogP contribution in [0.5, 0.6) is 0 Å². The molecule has 2 aromatic rings. The molecule has 0 unspecified atom stereocenters. The fourth-order valence-corrected chi connectivity index (χ4v) is 2.86. The van der Waals surface area contributed by atoms with Crippen LogP contribution in [0.15, 0.2) is 30.3 Å². The zero-order valence-electron chi connectivity index (χ0n) is 12.3. The first kappa shape index (κ1) is 14.9. The number of amides is 2. The minimum absolute atomic E-state index is 0.151. The first-order valence-corrected chi connectivity index (χ1v) is 7.06. The molecular weight excluding hydrogens is 298 g/mol. The second-order valence-electron chi connectivity index (χ2n) is 5.35. The Labute approximate surface area is 131 Å². The summed E-state index contributed by atoms with van der Waals surface area (Å²) >= 11 is 0. The van der Waals surface area contributed by atoms with Gasteiger partial charge in [-0.2, -0.15) is 0 Å². The summed E-state index contributed by atoms with van der Waals surface area (Å²) in [5.41, 5.74) is 1.07. The molecule has 0 saturated heterocycles. The van der Waals surface area contributed by atoms with Crippen LogP contribution in [0.2, 0.25) is 0 Å². The molecule has 1 aliphatic heterocycles. The zero-order valence-corrected chi connectivity index (χ0v) is 12.3. The van der Waals surface area contributed by atoms with Gasteiger partial charge >= 0.3 is 5.97 Å². The van der Waals surface area contributed by atoms with Gasteiger partial charge in [-0.25, -0.2) is 0 Å². The lowest BCUT2D eigenvalue weighted by Gasteiger charge is -2.27. The predicted octanol–water partition coefficient (Wildman–Crippen LogP) is 2.11. The van der Waals surface area contributed by atoms with Crippen molar-refractivity contribution >= 4 is 34.3 Å². The number of hydrogen-bond acceptors (Lipinski definition) is 4. The highest BCUT2D eigenvalue weighted by atomic mass is 16.4. The van der Waals surface area contributed by atoms with Gasteiger partial charge in [0, 0.05) is 28.6 Å². The largest absolute Gasteiger partial charge is 0.481 e. The normalized spacial score (nSPS) is 13.5. The van der Waals surface area contributed by atoms with E-state index in [1.54, 1.807) is 24.3 Å². The monoisotopic (exact) mass is 311 g/mol. The highest BCUT2D eigenvalue weighted by molar-refractivity contribution is 6.27. The summed E-state index contributed by atoms with van der Waals surface area (Å²) < 4.78 is 0. The number of carbonyl (C=O) groups is 4. The summed E-state index contributed by atoms with van der Waals surface area (Å²) in [6, 6.07) is 8.01. The summed E-state index contributed by atoms with van der Waals surface area (Å²) in [7, 11) is 0. The van der Waals surface area contributed by atoms with Gasteiger partial charge in [-0.1, -0.05) is 12.1 Å². The van der Waals surface area contributed by atoms with Crippen LogP contribution in [-0.4, -0.2) is 40.1 Å². The Morgan fingerprint density at radius 3 is 2.30 bits per heavy atom. The van der Waals surface area contributed by atoms with Gasteiger partial charge in [0.1, 0.15) is 0 Å². The third kappa shape index (κ3) is 2.28. The van der Waals surface area contributed by atoms with Crippen molar-refractivity contribution in [2.45, 2.75) is 13.3 Å². The molecule has 1 N–H and O–H groups in total. The van der Waals surface area contributed by atoms with Gasteiger partial charge in [0.05, 0.1) is 6.42 Å². The second kappa shape index (κ2) is 5.31. The van der Waals surface area contributed by atoms with Crippen LogP contribution in [0.4, 0.5) is 0 Å². The Morgan fingerprint density at radius 1 is 1.04 bits per heavy atom. The quantitative estimate of drug-likeness (QED) is 0.689. The number of nitrogens with zero attached hydrogens (tertiary/aromatic N) is 1. The van der Waals surface area contributed by atoms with Crippen LogP contribution in [0.25, 0.3) is 10.8 Å². The van der Waals surface area contributed by atoms with E-state index in [2.05, 4.69) is 0 Å². The van der Waals surface area contributed by atoms with Crippen molar-refractivity contribution in [3.8, 4) is 0 Å². The van der Waals surface area contributed by atoms with Gasteiger partial charge in [-0.15, -0.1) is 0 Å². The Morgan fingerprint density at radius 2 is 1.70 bits per heavy atom. The summed E-state index contributed by atoms with van der Waals surface area (Å²) in [6.07, 6.45) is -0.311. The minimum Gasteiger partial charge on any atom is -0.481 e. The number of benzene rings is 2. The number of imide groups is 1. The maximum absolute atomic E-state index is 12.5. The van der Waals surface area contributed by atoms with E-state index in [9.17, 15) is 19.2 Å². The smallest absolute Gasteiger partial charge is 0.305 e. The lowest BCUT2D eigenvalue weighted by atomic mass is 9.90. The molecule has 0 atom stereocenters. The highest BCUT2D eigenvalue weighted by Gasteiger charge is 2.33.